The number of nitrogens with zero attached hydrogens (tertiary/aromatic N) is 2. The first-order valence-electron chi connectivity index (χ1n) is 9.85. The molecule has 1 N–H and O–H groups in total. The molecule has 3 amide bonds. The summed E-state index contributed by atoms with van der Waals surface area (Å²) in [5.74, 6) is 0.473. The van der Waals surface area contributed by atoms with E-state index in [0.717, 1.165) is 32.1 Å². The van der Waals surface area contributed by atoms with Gasteiger partial charge in [0.25, 0.3) is 5.91 Å². The van der Waals surface area contributed by atoms with Crippen LogP contribution in [0.5, 0.6) is 0 Å². The Kier molecular flexibility index (Phi) is 4.34. The van der Waals surface area contributed by atoms with E-state index < -0.39 is 15.4 Å². The molecule has 2 heterocycles. The molecule has 2 saturated heterocycles. The van der Waals surface area contributed by atoms with Crippen molar-refractivity contribution in [1.29, 1.82) is 0 Å². The maximum atomic E-state index is 13.3. The zero-order chi connectivity index (χ0) is 18.7. The summed E-state index contributed by atoms with van der Waals surface area (Å²) in [6.07, 6.45) is 5.59. The van der Waals surface area contributed by atoms with Gasteiger partial charge in [0.1, 0.15) is 5.54 Å². The number of sulfone groups is 1. The fourth-order valence-electron chi connectivity index (χ4n) is 5.22. The lowest BCUT2D eigenvalue weighted by Gasteiger charge is -2.42. The lowest BCUT2D eigenvalue weighted by molar-refractivity contribution is -0.138. The van der Waals surface area contributed by atoms with Gasteiger partial charge in [0.2, 0.25) is 0 Å². The summed E-state index contributed by atoms with van der Waals surface area (Å²) in [7, 11) is -3.00. The normalized spacial score (nSPS) is 39.8. The van der Waals surface area contributed by atoms with E-state index in [9.17, 15) is 18.0 Å². The standard InChI is InChI=1S/C18H29N3O4S/c1-12-4-3-5-13(2)18(12)16(22)21(17(23)19-18)11-20(14-6-7-14)15-8-9-26(24,25)10-15/h12-15H,3-11H2,1-2H3,(H,19,23)/t12-,13+,15-,18?/m0/s1. The first-order valence-corrected chi connectivity index (χ1v) is 11.7. The molecule has 26 heavy (non-hydrogen) atoms. The summed E-state index contributed by atoms with van der Waals surface area (Å²) in [6.45, 7) is 4.33. The highest BCUT2D eigenvalue weighted by Crippen LogP contribution is 2.42. The Balaban J connectivity index is 1.55. The highest BCUT2D eigenvalue weighted by molar-refractivity contribution is 7.91. The van der Waals surface area contributed by atoms with Gasteiger partial charge in [-0.25, -0.2) is 18.1 Å². The van der Waals surface area contributed by atoms with Gasteiger partial charge in [0.05, 0.1) is 18.2 Å². The SMILES string of the molecule is C[C@@H]1CCC[C@H](C)C12NC(=O)N(CN(C1CC1)[C@H]1CCS(=O)(=O)C1)C2=O. The Labute approximate surface area is 155 Å². The summed E-state index contributed by atoms with van der Waals surface area (Å²) in [5.41, 5.74) is -0.785. The molecule has 4 fully saturated rings. The van der Waals surface area contributed by atoms with E-state index in [1.165, 1.54) is 4.90 Å². The second-order valence-electron chi connectivity index (χ2n) is 8.71. The topological polar surface area (TPSA) is 86.8 Å². The highest BCUT2D eigenvalue weighted by atomic mass is 32.2. The van der Waals surface area contributed by atoms with Crippen molar-refractivity contribution in [2.45, 2.75) is 70.0 Å². The molecule has 7 nitrogen and oxygen atoms in total. The third-order valence-electron chi connectivity index (χ3n) is 6.98. The van der Waals surface area contributed by atoms with E-state index in [0.29, 0.717) is 12.5 Å². The van der Waals surface area contributed by atoms with Gasteiger partial charge in [0.15, 0.2) is 9.84 Å². The smallest absolute Gasteiger partial charge is 0.323 e. The van der Waals surface area contributed by atoms with Crippen molar-refractivity contribution in [3.8, 4) is 0 Å². The van der Waals surface area contributed by atoms with Crippen LogP contribution >= 0.6 is 0 Å². The van der Waals surface area contributed by atoms with E-state index in [1.807, 2.05) is 0 Å². The van der Waals surface area contributed by atoms with Crippen LogP contribution in [0, 0.1) is 11.8 Å². The molecule has 2 aliphatic carbocycles. The number of carbonyl (C=O) groups is 2. The van der Waals surface area contributed by atoms with Crippen molar-refractivity contribution in [1.82, 2.24) is 15.1 Å². The Morgan fingerprint density at radius 1 is 1.08 bits per heavy atom. The Morgan fingerprint density at radius 3 is 2.27 bits per heavy atom. The maximum absolute atomic E-state index is 13.3. The second-order valence-corrected chi connectivity index (χ2v) is 10.9. The minimum atomic E-state index is -3.00. The Bertz CT molecular complexity index is 708. The number of amides is 3. The summed E-state index contributed by atoms with van der Waals surface area (Å²) < 4.78 is 23.8. The molecular formula is C18H29N3O4S. The molecule has 146 valence electrons. The Hall–Kier alpha value is -1.15. The highest BCUT2D eigenvalue weighted by Gasteiger charge is 2.59. The van der Waals surface area contributed by atoms with Crippen molar-refractivity contribution in [2.24, 2.45) is 11.8 Å². The first kappa shape index (κ1) is 18.2. The van der Waals surface area contributed by atoms with Crippen molar-refractivity contribution in [2.75, 3.05) is 18.2 Å². The van der Waals surface area contributed by atoms with Gasteiger partial charge < -0.3 is 5.32 Å². The van der Waals surface area contributed by atoms with Crippen LogP contribution in [0.15, 0.2) is 0 Å². The second kappa shape index (κ2) is 6.19. The molecule has 8 heteroatoms. The predicted octanol–water partition coefficient (Wildman–Crippen LogP) is 1.34. The van der Waals surface area contributed by atoms with Crippen LogP contribution in [-0.4, -0.2) is 66.0 Å². The van der Waals surface area contributed by atoms with Gasteiger partial charge >= 0.3 is 6.03 Å². The number of rotatable bonds is 4. The van der Waals surface area contributed by atoms with Crippen LogP contribution < -0.4 is 5.32 Å². The van der Waals surface area contributed by atoms with Gasteiger partial charge in [-0.05, 0) is 43.9 Å². The molecule has 4 rings (SSSR count). The summed E-state index contributed by atoms with van der Waals surface area (Å²) in [6, 6.07) is -0.0976. The summed E-state index contributed by atoms with van der Waals surface area (Å²) in [5, 5.41) is 3.03. The molecule has 0 radical (unpaired) electrons. The number of urea groups is 1. The van der Waals surface area contributed by atoms with Crippen LogP contribution in [0.25, 0.3) is 0 Å². The van der Waals surface area contributed by atoms with Crippen LogP contribution in [0.2, 0.25) is 0 Å². The molecule has 1 spiro atoms. The monoisotopic (exact) mass is 383 g/mol. The van der Waals surface area contributed by atoms with Gasteiger partial charge in [-0.1, -0.05) is 20.3 Å². The zero-order valence-corrected chi connectivity index (χ0v) is 16.4. The molecule has 2 aliphatic heterocycles. The number of imide groups is 1. The number of nitrogens with one attached hydrogen (secondary N) is 1. The van der Waals surface area contributed by atoms with Gasteiger partial charge in [-0.2, -0.15) is 0 Å². The molecule has 1 unspecified atom stereocenters. The van der Waals surface area contributed by atoms with E-state index in [-0.39, 0.29) is 48.0 Å². The molecule has 4 aliphatic rings. The molecule has 0 aromatic heterocycles. The molecule has 0 aromatic carbocycles. The largest absolute Gasteiger partial charge is 0.326 e. The van der Waals surface area contributed by atoms with E-state index in [1.54, 1.807) is 0 Å². The van der Waals surface area contributed by atoms with Crippen molar-refractivity contribution in [3.05, 3.63) is 0 Å². The fraction of sp³-hybridized carbons (Fsp3) is 0.889. The molecule has 0 bridgehead atoms. The van der Waals surface area contributed by atoms with Crippen LogP contribution in [0.3, 0.4) is 0 Å². The van der Waals surface area contributed by atoms with Gasteiger partial charge in [0, 0.05) is 12.1 Å². The lowest BCUT2D eigenvalue weighted by atomic mass is 9.67. The van der Waals surface area contributed by atoms with Crippen LogP contribution in [0.1, 0.15) is 52.4 Å². The van der Waals surface area contributed by atoms with E-state index in [2.05, 4.69) is 24.1 Å². The lowest BCUT2D eigenvalue weighted by Crippen LogP contribution is -2.59. The fourth-order valence-corrected chi connectivity index (χ4v) is 6.96. The molecular weight excluding hydrogens is 354 g/mol. The van der Waals surface area contributed by atoms with E-state index >= 15 is 0 Å². The zero-order valence-electron chi connectivity index (χ0n) is 15.6. The van der Waals surface area contributed by atoms with Gasteiger partial charge in [-0.3, -0.25) is 9.69 Å². The molecule has 0 aromatic rings. The third-order valence-corrected chi connectivity index (χ3v) is 8.74. The third kappa shape index (κ3) is 2.85. The summed E-state index contributed by atoms with van der Waals surface area (Å²) >= 11 is 0. The number of carbonyl (C=O) groups excluding carboxylic acids is 2. The van der Waals surface area contributed by atoms with Crippen molar-refractivity contribution in [3.63, 3.8) is 0 Å². The average molecular weight is 384 g/mol. The minimum absolute atomic E-state index is 0.0779. The Morgan fingerprint density at radius 2 is 1.73 bits per heavy atom. The molecule has 2 saturated carbocycles. The average Bonchev–Trinajstić information content (AvgIpc) is 3.29. The van der Waals surface area contributed by atoms with E-state index in [4.69, 9.17) is 0 Å². The minimum Gasteiger partial charge on any atom is -0.323 e. The predicted molar refractivity (Wildman–Crippen MR) is 97.1 cm³/mol. The van der Waals surface area contributed by atoms with Gasteiger partial charge in [-0.15, -0.1) is 0 Å². The first-order chi connectivity index (χ1) is 12.2. The molecule has 4 atom stereocenters. The maximum Gasteiger partial charge on any atom is 0.326 e. The van der Waals surface area contributed by atoms with Crippen LogP contribution in [-0.2, 0) is 14.6 Å². The number of hydrogen-bond acceptors (Lipinski definition) is 5. The number of hydrogen-bond donors (Lipinski definition) is 1. The van der Waals surface area contributed by atoms with Crippen molar-refractivity contribution < 1.29 is 18.0 Å². The van der Waals surface area contributed by atoms with Crippen LogP contribution in [0.4, 0.5) is 4.79 Å². The van der Waals surface area contributed by atoms with Crippen molar-refractivity contribution >= 4 is 21.8 Å². The quantitative estimate of drug-likeness (QED) is 0.741. The summed E-state index contributed by atoms with van der Waals surface area (Å²) in [4.78, 5) is 29.5.